The number of halogens is 1. The highest BCUT2D eigenvalue weighted by atomic mass is 35.5. The van der Waals surface area contributed by atoms with Gasteiger partial charge in [-0.3, -0.25) is 9.78 Å². The number of carbonyl (C=O) groups excluding carboxylic acids is 1. The lowest BCUT2D eigenvalue weighted by atomic mass is 10.1. The van der Waals surface area contributed by atoms with E-state index in [1.54, 1.807) is 12.3 Å². The smallest absolute Gasteiger partial charge is 0.251 e. The molecule has 0 spiro atoms. The van der Waals surface area contributed by atoms with E-state index in [9.17, 15) is 13.2 Å². The fourth-order valence-electron chi connectivity index (χ4n) is 2.32. The van der Waals surface area contributed by atoms with Crippen LogP contribution < -0.4 is 10.0 Å². The second-order valence-electron chi connectivity index (χ2n) is 5.99. The lowest BCUT2D eigenvalue weighted by molar-refractivity contribution is 0.0939. The number of aromatic nitrogens is 1. The second-order valence-corrected chi connectivity index (χ2v) is 8.08. The van der Waals surface area contributed by atoms with Gasteiger partial charge in [0.05, 0.1) is 16.8 Å². The first kappa shape index (κ1) is 17.8. The molecule has 0 bridgehead atoms. The monoisotopic (exact) mass is 379 g/mol. The molecule has 0 aliphatic heterocycles. The van der Waals surface area contributed by atoms with E-state index in [1.807, 2.05) is 19.1 Å². The zero-order valence-electron chi connectivity index (χ0n) is 13.6. The third-order valence-electron chi connectivity index (χ3n) is 3.86. The van der Waals surface area contributed by atoms with E-state index in [0.29, 0.717) is 5.69 Å². The number of nitrogens with zero attached hydrogens (tertiary/aromatic N) is 1. The van der Waals surface area contributed by atoms with Gasteiger partial charge in [-0.2, -0.15) is 0 Å². The molecule has 1 unspecified atom stereocenters. The molecule has 1 aliphatic rings. The standard InChI is InChI=1S/C17H18ClN3O3S/c1-11(15-4-2-3-9-19-15)20-17(22)12-5-8-14(18)16(10-12)25(23,24)21-13-6-7-13/h2-5,8-11,13,21H,6-7H2,1H3,(H,20,22). The molecule has 1 saturated carbocycles. The summed E-state index contributed by atoms with van der Waals surface area (Å²) in [6, 6.07) is 9.30. The second kappa shape index (κ2) is 7.11. The fourth-order valence-corrected chi connectivity index (χ4v) is 4.15. The van der Waals surface area contributed by atoms with Gasteiger partial charge in [0.25, 0.3) is 5.91 Å². The van der Waals surface area contributed by atoms with Crippen molar-refractivity contribution in [2.75, 3.05) is 0 Å². The van der Waals surface area contributed by atoms with Crippen molar-refractivity contribution in [2.45, 2.75) is 36.7 Å². The zero-order chi connectivity index (χ0) is 18.0. The number of hydrogen-bond acceptors (Lipinski definition) is 4. The molecule has 1 heterocycles. The molecule has 8 heteroatoms. The predicted octanol–water partition coefficient (Wildman–Crippen LogP) is 2.67. The first-order chi connectivity index (χ1) is 11.9. The van der Waals surface area contributed by atoms with Crippen LogP contribution in [0.3, 0.4) is 0 Å². The van der Waals surface area contributed by atoms with Crippen LogP contribution in [0.25, 0.3) is 0 Å². The molecule has 1 atom stereocenters. The lowest BCUT2D eigenvalue weighted by Gasteiger charge is -2.14. The molecule has 1 amide bonds. The highest BCUT2D eigenvalue weighted by molar-refractivity contribution is 7.89. The van der Waals surface area contributed by atoms with E-state index in [-0.39, 0.29) is 27.6 Å². The Morgan fingerprint density at radius 2 is 2.04 bits per heavy atom. The van der Waals surface area contributed by atoms with Crippen molar-refractivity contribution in [3.05, 3.63) is 58.9 Å². The summed E-state index contributed by atoms with van der Waals surface area (Å²) in [6.07, 6.45) is 3.28. The Labute approximate surface area is 151 Å². The van der Waals surface area contributed by atoms with E-state index < -0.39 is 15.9 Å². The first-order valence-corrected chi connectivity index (χ1v) is 9.76. The third-order valence-corrected chi connectivity index (χ3v) is 5.86. The number of rotatable bonds is 6. The van der Waals surface area contributed by atoms with E-state index in [0.717, 1.165) is 12.8 Å². The summed E-state index contributed by atoms with van der Waals surface area (Å²) in [7, 11) is -3.74. The Morgan fingerprint density at radius 3 is 2.68 bits per heavy atom. The first-order valence-electron chi connectivity index (χ1n) is 7.90. The molecule has 25 heavy (non-hydrogen) atoms. The van der Waals surface area contributed by atoms with Gasteiger partial charge in [0.15, 0.2) is 0 Å². The van der Waals surface area contributed by atoms with Crippen LogP contribution in [-0.2, 0) is 10.0 Å². The highest BCUT2D eigenvalue weighted by Crippen LogP contribution is 2.27. The van der Waals surface area contributed by atoms with Crippen LogP contribution in [0.15, 0.2) is 47.5 Å². The number of hydrogen-bond donors (Lipinski definition) is 2. The van der Waals surface area contributed by atoms with Crippen LogP contribution in [-0.4, -0.2) is 25.4 Å². The van der Waals surface area contributed by atoms with Gasteiger partial charge in [0.2, 0.25) is 10.0 Å². The van der Waals surface area contributed by atoms with Crippen molar-refractivity contribution in [2.24, 2.45) is 0 Å². The average Bonchev–Trinajstić information content (AvgIpc) is 3.39. The summed E-state index contributed by atoms with van der Waals surface area (Å²) in [5.41, 5.74) is 0.941. The van der Waals surface area contributed by atoms with Crippen LogP contribution in [0.1, 0.15) is 41.9 Å². The maximum atomic E-state index is 12.5. The Morgan fingerprint density at radius 1 is 1.28 bits per heavy atom. The number of sulfonamides is 1. The number of nitrogens with one attached hydrogen (secondary N) is 2. The summed E-state index contributed by atoms with van der Waals surface area (Å²) in [4.78, 5) is 16.6. The Hall–Kier alpha value is -1.96. The van der Waals surface area contributed by atoms with Gasteiger partial charge in [-0.05, 0) is 50.1 Å². The molecule has 1 aromatic heterocycles. The molecule has 1 aromatic carbocycles. The summed E-state index contributed by atoms with van der Waals surface area (Å²) in [5, 5.41) is 2.89. The van der Waals surface area contributed by atoms with Gasteiger partial charge in [0, 0.05) is 17.8 Å². The van der Waals surface area contributed by atoms with Crippen molar-refractivity contribution in [1.29, 1.82) is 0 Å². The number of amides is 1. The molecule has 6 nitrogen and oxygen atoms in total. The maximum absolute atomic E-state index is 12.5. The summed E-state index contributed by atoms with van der Waals surface area (Å²) >= 11 is 6.03. The van der Waals surface area contributed by atoms with Crippen molar-refractivity contribution in [3.63, 3.8) is 0 Å². The minimum absolute atomic E-state index is 0.0391. The largest absolute Gasteiger partial charge is 0.344 e. The molecular weight excluding hydrogens is 362 g/mol. The minimum atomic E-state index is -3.74. The Kier molecular flexibility index (Phi) is 5.08. The molecule has 2 N–H and O–H groups in total. The lowest BCUT2D eigenvalue weighted by Crippen LogP contribution is -2.28. The molecule has 0 radical (unpaired) electrons. The highest BCUT2D eigenvalue weighted by Gasteiger charge is 2.29. The van der Waals surface area contributed by atoms with Crippen molar-refractivity contribution >= 4 is 27.5 Å². The summed E-state index contributed by atoms with van der Waals surface area (Å²) < 4.78 is 27.3. The predicted molar refractivity (Wildman–Crippen MR) is 94.9 cm³/mol. The van der Waals surface area contributed by atoms with E-state index >= 15 is 0 Å². The van der Waals surface area contributed by atoms with Gasteiger partial charge < -0.3 is 5.32 Å². The van der Waals surface area contributed by atoms with E-state index in [2.05, 4.69) is 15.0 Å². The van der Waals surface area contributed by atoms with Crippen molar-refractivity contribution in [3.8, 4) is 0 Å². The fraction of sp³-hybridized carbons (Fsp3) is 0.294. The maximum Gasteiger partial charge on any atom is 0.251 e. The van der Waals surface area contributed by atoms with Gasteiger partial charge in [0.1, 0.15) is 4.90 Å². The van der Waals surface area contributed by atoms with Gasteiger partial charge in [-0.25, -0.2) is 13.1 Å². The van der Waals surface area contributed by atoms with Crippen LogP contribution in [0, 0.1) is 0 Å². The molecule has 3 rings (SSSR count). The number of carbonyl (C=O) groups is 1. The van der Waals surface area contributed by atoms with Crippen LogP contribution in [0.4, 0.5) is 0 Å². The van der Waals surface area contributed by atoms with E-state index in [4.69, 9.17) is 11.6 Å². The third kappa shape index (κ3) is 4.36. The number of pyridine rings is 1. The summed E-state index contributed by atoms with van der Waals surface area (Å²) in [6.45, 7) is 1.81. The number of benzene rings is 1. The zero-order valence-corrected chi connectivity index (χ0v) is 15.1. The van der Waals surface area contributed by atoms with Crippen LogP contribution in [0.2, 0.25) is 5.02 Å². The topological polar surface area (TPSA) is 88.2 Å². The molecule has 1 aliphatic carbocycles. The minimum Gasteiger partial charge on any atom is -0.344 e. The van der Waals surface area contributed by atoms with E-state index in [1.165, 1.54) is 18.2 Å². The molecule has 2 aromatic rings. The van der Waals surface area contributed by atoms with Crippen LogP contribution >= 0.6 is 11.6 Å². The molecular formula is C17H18ClN3O3S. The molecule has 132 valence electrons. The van der Waals surface area contributed by atoms with Gasteiger partial charge >= 0.3 is 0 Å². The Bertz CT molecular complexity index is 883. The van der Waals surface area contributed by atoms with Crippen LogP contribution in [0.5, 0.6) is 0 Å². The Balaban J connectivity index is 1.80. The van der Waals surface area contributed by atoms with Gasteiger partial charge in [-0.15, -0.1) is 0 Å². The average molecular weight is 380 g/mol. The van der Waals surface area contributed by atoms with Gasteiger partial charge in [-0.1, -0.05) is 17.7 Å². The SMILES string of the molecule is CC(NC(=O)c1ccc(Cl)c(S(=O)(=O)NC2CC2)c1)c1ccccn1. The molecule has 1 fully saturated rings. The quantitative estimate of drug-likeness (QED) is 0.807. The van der Waals surface area contributed by atoms with Crippen molar-refractivity contribution < 1.29 is 13.2 Å². The normalized spacial score (nSPS) is 15.6. The van der Waals surface area contributed by atoms with Crippen molar-refractivity contribution in [1.82, 2.24) is 15.0 Å². The molecule has 0 saturated heterocycles. The summed E-state index contributed by atoms with van der Waals surface area (Å²) in [5.74, 6) is -0.391.